The standard InChI is InChI=1S/C13H17NO4/c1-4-18-11-7-5-6-10(8-11)13(16)14(2)9-12(15)17-3/h5-8H,4,9H2,1-3H3. The maximum atomic E-state index is 12.0. The van der Waals surface area contributed by atoms with Crippen LogP contribution in [0.1, 0.15) is 17.3 Å². The van der Waals surface area contributed by atoms with Gasteiger partial charge in [-0.05, 0) is 25.1 Å². The third-order valence-electron chi connectivity index (χ3n) is 2.33. The zero-order valence-electron chi connectivity index (χ0n) is 10.8. The maximum Gasteiger partial charge on any atom is 0.325 e. The van der Waals surface area contributed by atoms with E-state index in [4.69, 9.17) is 4.74 Å². The summed E-state index contributed by atoms with van der Waals surface area (Å²) in [6, 6.07) is 6.85. The fraction of sp³-hybridized carbons (Fsp3) is 0.385. The monoisotopic (exact) mass is 251 g/mol. The Balaban J connectivity index is 2.76. The summed E-state index contributed by atoms with van der Waals surface area (Å²) in [6.45, 7) is 2.34. The van der Waals surface area contributed by atoms with E-state index in [1.54, 1.807) is 31.3 Å². The molecule has 5 heteroatoms. The molecule has 0 aromatic heterocycles. The van der Waals surface area contributed by atoms with Gasteiger partial charge in [-0.2, -0.15) is 0 Å². The molecular weight excluding hydrogens is 234 g/mol. The van der Waals surface area contributed by atoms with Gasteiger partial charge in [0, 0.05) is 12.6 Å². The first kappa shape index (κ1) is 14.0. The molecule has 0 aliphatic rings. The van der Waals surface area contributed by atoms with E-state index < -0.39 is 5.97 Å². The number of hydrogen-bond acceptors (Lipinski definition) is 4. The Kier molecular flexibility index (Phi) is 5.17. The second kappa shape index (κ2) is 6.64. The molecule has 5 nitrogen and oxygen atoms in total. The van der Waals surface area contributed by atoms with Crippen molar-refractivity contribution in [2.75, 3.05) is 27.3 Å². The molecule has 0 spiro atoms. The molecule has 98 valence electrons. The summed E-state index contributed by atoms with van der Waals surface area (Å²) >= 11 is 0. The molecule has 0 heterocycles. The molecule has 1 amide bonds. The topological polar surface area (TPSA) is 55.8 Å². The SMILES string of the molecule is CCOc1cccc(C(=O)N(C)CC(=O)OC)c1. The van der Waals surface area contributed by atoms with Crippen molar-refractivity contribution in [2.24, 2.45) is 0 Å². The second-order valence-corrected chi connectivity index (χ2v) is 3.70. The van der Waals surface area contributed by atoms with Crippen molar-refractivity contribution in [3.05, 3.63) is 29.8 Å². The summed E-state index contributed by atoms with van der Waals surface area (Å²) in [7, 11) is 2.84. The molecule has 0 aliphatic carbocycles. The van der Waals surface area contributed by atoms with Crippen LogP contribution in [-0.4, -0.2) is 44.1 Å². The molecule has 0 fully saturated rings. The highest BCUT2D eigenvalue weighted by molar-refractivity contribution is 5.96. The van der Waals surface area contributed by atoms with Gasteiger partial charge in [0.2, 0.25) is 0 Å². The van der Waals surface area contributed by atoms with E-state index in [1.807, 2.05) is 6.92 Å². The van der Waals surface area contributed by atoms with Gasteiger partial charge in [0.25, 0.3) is 5.91 Å². The normalized spacial score (nSPS) is 9.72. The Hall–Kier alpha value is -2.04. The van der Waals surface area contributed by atoms with Crippen molar-refractivity contribution in [1.82, 2.24) is 4.90 Å². The molecule has 0 radical (unpaired) electrons. The Morgan fingerprint density at radius 3 is 2.67 bits per heavy atom. The second-order valence-electron chi connectivity index (χ2n) is 3.70. The molecule has 18 heavy (non-hydrogen) atoms. The number of nitrogens with zero attached hydrogens (tertiary/aromatic N) is 1. The molecule has 0 unspecified atom stereocenters. The smallest absolute Gasteiger partial charge is 0.325 e. The van der Waals surface area contributed by atoms with Crippen LogP contribution in [-0.2, 0) is 9.53 Å². The first-order valence-corrected chi connectivity index (χ1v) is 5.63. The molecule has 0 aliphatic heterocycles. The van der Waals surface area contributed by atoms with Crippen LogP contribution in [0, 0.1) is 0 Å². The maximum absolute atomic E-state index is 12.0. The van der Waals surface area contributed by atoms with Crippen molar-refractivity contribution in [2.45, 2.75) is 6.92 Å². The van der Waals surface area contributed by atoms with Crippen LogP contribution in [0.15, 0.2) is 24.3 Å². The number of methoxy groups -OCH3 is 1. The average Bonchev–Trinajstić information content (AvgIpc) is 2.38. The summed E-state index contributed by atoms with van der Waals surface area (Å²) < 4.78 is 9.83. The number of esters is 1. The zero-order chi connectivity index (χ0) is 13.5. The molecule has 0 bridgehead atoms. The predicted octanol–water partition coefficient (Wildman–Crippen LogP) is 1.33. The number of amides is 1. The number of carbonyl (C=O) groups is 2. The third-order valence-corrected chi connectivity index (χ3v) is 2.33. The van der Waals surface area contributed by atoms with Gasteiger partial charge < -0.3 is 14.4 Å². The minimum atomic E-state index is -0.452. The van der Waals surface area contributed by atoms with Gasteiger partial charge in [-0.25, -0.2) is 0 Å². The van der Waals surface area contributed by atoms with Crippen LogP contribution in [0.5, 0.6) is 5.75 Å². The summed E-state index contributed by atoms with van der Waals surface area (Å²) in [5.74, 6) is -0.0661. The zero-order valence-corrected chi connectivity index (χ0v) is 10.8. The van der Waals surface area contributed by atoms with E-state index in [1.165, 1.54) is 12.0 Å². The third kappa shape index (κ3) is 3.76. The molecule has 1 rings (SSSR count). The highest BCUT2D eigenvalue weighted by atomic mass is 16.5. The average molecular weight is 251 g/mol. The van der Waals surface area contributed by atoms with Crippen molar-refractivity contribution in [1.29, 1.82) is 0 Å². The summed E-state index contributed by atoms with van der Waals surface area (Å²) in [5, 5.41) is 0. The lowest BCUT2D eigenvalue weighted by Gasteiger charge is -2.16. The van der Waals surface area contributed by atoms with Gasteiger partial charge in [-0.15, -0.1) is 0 Å². The van der Waals surface area contributed by atoms with Gasteiger partial charge in [-0.3, -0.25) is 9.59 Å². The largest absolute Gasteiger partial charge is 0.494 e. The van der Waals surface area contributed by atoms with Crippen molar-refractivity contribution in [3.63, 3.8) is 0 Å². The van der Waals surface area contributed by atoms with E-state index in [0.29, 0.717) is 17.9 Å². The molecular formula is C13H17NO4. The Labute approximate surface area is 106 Å². The number of likely N-dealkylation sites (N-methyl/N-ethyl adjacent to an activating group) is 1. The fourth-order valence-electron chi connectivity index (χ4n) is 1.44. The van der Waals surface area contributed by atoms with Crippen LogP contribution in [0.3, 0.4) is 0 Å². The quantitative estimate of drug-likeness (QED) is 0.741. The first-order chi connectivity index (χ1) is 8.58. The van der Waals surface area contributed by atoms with E-state index in [0.717, 1.165) is 0 Å². The highest BCUT2D eigenvalue weighted by Crippen LogP contribution is 2.14. The van der Waals surface area contributed by atoms with Crippen LogP contribution in [0.4, 0.5) is 0 Å². The van der Waals surface area contributed by atoms with Crippen molar-refractivity contribution >= 4 is 11.9 Å². The Bertz CT molecular complexity index is 431. The van der Waals surface area contributed by atoms with Gasteiger partial charge >= 0.3 is 5.97 Å². The first-order valence-electron chi connectivity index (χ1n) is 5.63. The summed E-state index contributed by atoms with van der Waals surface area (Å²) in [6.07, 6.45) is 0. The molecule has 0 saturated carbocycles. The van der Waals surface area contributed by atoms with E-state index in [9.17, 15) is 9.59 Å². The molecule has 1 aromatic carbocycles. The Morgan fingerprint density at radius 1 is 1.33 bits per heavy atom. The van der Waals surface area contributed by atoms with E-state index in [-0.39, 0.29) is 12.5 Å². The van der Waals surface area contributed by atoms with Gasteiger partial charge in [0.1, 0.15) is 12.3 Å². The van der Waals surface area contributed by atoms with Gasteiger partial charge in [0.15, 0.2) is 0 Å². The molecule has 1 aromatic rings. The van der Waals surface area contributed by atoms with Crippen LogP contribution >= 0.6 is 0 Å². The minimum Gasteiger partial charge on any atom is -0.494 e. The van der Waals surface area contributed by atoms with E-state index >= 15 is 0 Å². The lowest BCUT2D eigenvalue weighted by atomic mass is 10.2. The lowest BCUT2D eigenvalue weighted by Crippen LogP contribution is -2.32. The summed E-state index contributed by atoms with van der Waals surface area (Å²) in [5.41, 5.74) is 0.479. The van der Waals surface area contributed by atoms with Gasteiger partial charge in [0.05, 0.1) is 13.7 Å². The number of carbonyl (C=O) groups excluding carboxylic acids is 2. The van der Waals surface area contributed by atoms with Crippen LogP contribution in [0.2, 0.25) is 0 Å². The number of ether oxygens (including phenoxy) is 2. The van der Waals surface area contributed by atoms with Gasteiger partial charge in [-0.1, -0.05) is 6.07 Å². The van der Waals surface area contributed by atoms with Crippen LogP contribution < -0.4 is 4.74 Å². The number of rotatable bonds is 5. The lowest BCUT2D eigenvalue weighted by molar-refractivity contribution is -0.141. The van der Waals surface area contributed by atoms with Crippen molar-refractivity contribution < 1.29 is 19.1 Å². The summed E-state index contributed by atoms with van der Waals surface area (Å²) in [4.78, 5) is 24.4. The van der Waals surface area contributed by atoms with Crippen molar-refractivity contribution in [3.8, 4) is 5.75 Å². The highest BCUT2D eigenvalue weighted by Gasteiger charge is 2.15. The molecule has 0 saturated heterocycles. The van der Waals surface area contributed by atoms with E-state index in [2.05, 4.69) is 4.74 Å². The fourth-order valence-corrected chi connectivity index (χ4v) is 1.44. The minimum absolute atomic E-state index is 0.0752. The predicted molar refractivity (Wildman–Crippen MR) is 66.6 cm³/mol. The molecule has 0 N–H and O–H groups in total. The number of benzene rings is 1. The van der Waals surface area contributed by atoms with Crippen LogP contribution in [0.25, 0.3) is 0 Å². The number of hydrogen-bond donors (Lipinski definition) is 0. The molecule has 0 atom stereocenters. The Morgan fingerprint density at radius 2 is 2.06 bits per heavy atom.